The van der Waals surface area contributed by atoms with Gasteiger partial charge in [0.05, 0.1) is 5.56 Å². The van der Waals surface area contributed by atoms with Crippen LogP contribution in [0.3, 0.4) is 0 Å². The van der Waals surface area contributed by atoms with E-state index in [2.05, 4.69) is 4.98 Å². The molecule has 1 aromatic heterocycles. The van der Waals surface area contributed by atoms with E-state index in [9.17, 15) is 9.18 Å². The summed E-state index contributed by atoms with van der Waals surface area (Å²) in [5, 5.41) is 0. The van der Waals surface area contributed by atoms with Crippen molar-refractivity contribution in [2.24, 2.45) is 11.8 Å². The summed E-state index contributed by atoms with van der Waals surface area (Å²) in [4.78, 5) is 17.8. The van der Waals surface area contributed by atoms with Crippen molar-refractivity contribution in [1.29, 1.82) is 0 Å². The van der Waals surface area contributed by atoms with Gasteiger partial charge in [-0.2, -0.15) is 4.39 Å². The van der Waals surface area contributed by atoms with Gasteiger partial charge in [0.15, 0.2) is 0 Å². The fourth-order valence-corrected chi connectivity index (χ4v) is 2.15. The van der Waals surface area contributed by atoms with Gasteiger partial charge in [-0.3, -0.25) is 4.79 Å². The Bertz CT molecular complexity index is 424. The van der Waals surface area contributed by atoms with Gasteiger partial charge >= 0.3 is 0 Å². The first-order valence-electron chi connectivity index (χ1n) is 6.63. The topological polar surface area (TPSA) is 33.2 Å². The molecule has 96 valence electrons. The van der Waals surface area contributed by atoms with Gasteiger partial charge < -0.3 is 4.90 Å². The maximum atomic E-state index is 12.8. The standard InChI is InChI=1S/C14H17FN2O/c15-13-6-5-12(7-16-13)14(18)17(8-10-1-2-10)9-11-3-4-11/h5-7,10-11H,1-4,8-9H2. The Morgan fingerprint density at radius 3 is 2.28 bits per heavy atom. The molecule has 0 saturated heterocycles. The lowest BCUT2D eigenvalue weighted by Gasteiger charge is -2.22. The quantitative estimate of drug-likeness (QED) is 0.750. The predicted molar refractivity (Wildman–Crippen MR) is 65.5 cm³/mol. The lowest BCUT2D eigenvalue weighted by Crippen LogP contribution is -2.34. The number of halogens is 1. The summed E-state index contributed by atoms with van der Waals surface area (Å²) in [6.45, 7) is 1.71. The number of carbonyl (C=O) groups is 1. The number of hydrogen-bond acceptors (Lipinski definition) is 2. The van der Waals surface area contributed by atoms with Crippen molar-refractivity contribution in [3.8, 4) is 0 Å². The molecule has 3 rings (SSSR count). The smallest absolute Gasteiger partial charge is 0.255 e. The number of amides is 1. The Labute approximate surface area is 106 Å². The molecule has 0 aliphatic heterocycles. The molecule has 0 unspecified atom stereocenters. The summed E-state index contributed by atoms with van der Waals surface area (Å²) >= 11 is 0. The number of carbonyl (C=O) groups excluding carboxylic acids is 1. The van der Waals surface area contributed by atoms with E-state index < -0.39 is 5.95 Å². The number of hydrogen-bond donors (Lipinski definition) is 0. The highest BCUT2D eigenvalue weighted by molar-refractivity contribution is 5.93. The summed E-state index contributed by atoms with van der Waals surface area (Å²) in [6.07, 6.45) is 6.27. The van der Waals surface area contributed by atoms with E-state index in [4.69, 9.17) is 0 Å². The van der Waals surface area contributed by atoms with Crippen LogP contribution in [0, 0.1) is 17.8 Å². The van der Waals surface area contributed by atoms with Gasteiger partial charge in [0, 0.05) is 19.3 Å². The van der Waals surface area contributed by atoms with Crippen molar-refractivity contribution in [2.45, 2.75) is 25.7 Å². The van der Waals surface area contributed by atoms with Gasteiger partial charge in [0.1, 0.15) is 0 Å². The Balaban J connectivity index is 1.70. The van der Waals surface area contributed by atoms with Crippen molar-refractivity contribution in [2.75, 3.05) is 13.1 Å². The second-order valence-corrected chi connectivity index (χ2v) is 5.47. The fourth-order valence-electron chi connectivity index (χ4n) is 2.15. The maximum absolute atomic E-state index is 12.8. The first-order valence-corrected chi connectivity index (χ1v) is 6.63. The Kier molecular flexibility index (Phi) is 3.02. The summed E-state index contributed by atoms with van der Waals surface area (Å²) in [5.41, 5.74) is 0.498. The van der Waals surface area contributed by atoms with Gasteiger partial charge in [0.2, 0.25) is 5.95 Å². The minimum Gasteiger partial charge on any atom is -0.338 e. The van der Waals surface area contributed by atoms with Crippen molar-refractivity contribution < 1.29 is 9.18 Å². The molecule has 0 atom stereocenters. The first kappa shape index (κ1) is 11.6. The van der Waals surface area contributed by atoms with Crippen molar-refractivity contribution in [3.05, 3.63) is 29.8 Å². The minimum atomic E-state index is -0.539. The third kappa shape index (κ3) is 2.86. The van der Waals surface area contributed by atoms with Crippen LogP contribution in [0.15, 0.2) is 18.3 Å². The number of nitrogens with zero attached hydrogens (tertiary/aromatic N) is 2. The van der Waals surface area contributed by atoms with Crippen LogP contribution in [-0.2, 0) is 0 Å². The van der Waals surface area contributed by atoms with Gasteiger partial charge in [-0.15, -0.1) is 0 Å². The van der Waals surface area contributed by atoms with E-state index in [0.717, 1.165) is 13.1 Å². The highest BCUT2D eigenvalue weighted by Crippen LogP contribution is 2.34. The van der Waals surface area contributed by atoms with Crippen molar-refractivity contribution in [3.63, 3.8) is 0 Å². The Morgan fingerprint density at radius 1 is 1.22 bits per heavy atom. The Hall–Kier alpha value is -1.45. The molecule has 18 heavy (non-hydrogen) atoms. The van der Waals surface area contributed by atoms with E-state index in [1.54, 1.807) is 0 Å². The second-order valence-electron chi connectivity index (χ2n) is 5.47. The molecule has 2 aliphatic carbocycles. The van der Waals surface area contributed by atoms with Gasteiger partial charge in [-0.25, -0.2) is 4.98 Å². The van der Waals surface area contributed by atoms with E-state index in [1.165, 1.54) is 44.0 Å². The molecule has 2 saturated carbocycles. The molecular weight excluding hydrogens is 231 g/mol. The van der Waals surface area contributed by atoms with Crippen molar-refractivity contribution >= 4 is 5.91 Å². The molecule has 1 aromatic rings. The highest BCUT2D eigenvalue weighted by Gasteiger charge is 2.31. The van der Waals surface area contributed by atoms with E-state index in [1.807, 2.05) is 4.90 Å². The maximum Gasteiger partial charge on any atom is 0.255 e. The van der Waals surface area contributed by atoms with Crippen LogP contribution >= 0.6 is 0 Å². The minimum absolute atomic E-state index is 0.00120. The average molecular weight is 248 g/mol. The zero-order valence-corrected chi connectivity index (χ0v) is 10.3. The SMILES string of the molecule is O=C(c1ccc(F)nc1)N(CC1CC1)CC1CC1. The fraction of sp³-hybridized carbons (Fsp3) is 0.571. The van der Waals surface area contributed by atoms with Crippen LogP contribution in [0.4, 0.5) is 4.39 Å². The molecular formula is C14H17FN2O. The molecule has 2 fully saturated rings. The summed E-state index contributed by atoms with van der Waals surface area (Å²) in [7, 11) is 0. The van der Waals surface area contributed by atoms with E-state index in [0.29, 0.717) is 17.4 Å². The molecule has 0 radical (unpaired) electrons. The van der Waals surface area contributed by atoms with Crippen LogP contribution in [0.25, 0.3) is 0 Å². The van der Waals surface area contributed by atoms with Crippen LogP contribution in [0.5, 0.6) is 0 Å². The Morgan fingerprint density at radius 2 is 1.83 bits per heavy atom. The number of aromatic nitrogens is 1. The zero-order valence-electron chi connectivity index (χ0n) is 10.3. The third-order valence-corrected chi connectivity index (χ3v) is 3.61. The predicted octanol–water partition coefficient (Wildman–Crippen LogP) is 2.48. The lowest BCUT2D eigenvalue weighted by atomic mass is 10.2. The summed E-state index contributed by atoms with van der Waals surface area (Å²) < 4.78 is 12.8. The molecule has 4 heteroatoms. The molecule has 1 amide bonds. The van der Waals surface area contributed by atoms with Crippen LogP contribution in [0.2, 0.25) is 0 Å². The summed E-state index contributed by atoms with van der Waals surface area (Å²) in [6, 6.07) is 2.77. The molecule has 0 spiro atoms. The van der Waals surface area contributed by atoms with Crippen LogP contribution in [-0.4, -0.2) is 28.9 Å². The highest BCUT2D eigenvalue weighted by atomic mass is 19.1. The largest absolute Gasteiger partial charge is 0.338 e. The molecule has 0 aromatic carbocycles. The molecule has 1 heterocycles. The molecule has 0 bridgehead atoms. The normalized spacial score (nSPS) is 18.7. The zero-order chi connectivity index (χ0) is 12.5. The van der Waals surface area contributed by atoms with Crippen LogP contribution < -0.4 is 0 Å². The first-order chi connectivity index (χ1) is 8.72. The van der Waals surface area contributed by atoms with Gasteiger partial charge in [0.25, 0.3) is 5.91 Å². The average Bonchev–Trinajstić information content (AvgIpc) is 3.23. The van der Waals surface area contributed by atoms with E-state index in [-0.39, 0.29) is 5.91 Å². The molecule has 3 nitrogen and oxygen atoms in total. The monoisotopic (exact) mass is 248 g/mol. The lowest BCUT2D eigenvalue weighted by molar-refractivity contribution is 0.0739. The van der Waals surface area contributed by atoms with Crippen molar-refractivity contribution in [1.82, 2.24) is 9.88 Å². The summed E-state index contributed by atoms with van der Waals surface area (Å²) in [5.74, 6) is 0.825. The van der Waals surface area contributed by atoms with E-state index >= 15 is 0 Å². The van der Waals surface area contributed by atoms with Gasteiger partial charge in [-0.1, -0.05) is 0 Å². The number of rotatable bonds is 5. The molecule has 2 aliphatic rings. The third-order valence-electron chi connectivity index (χ3n) is 3.61. The second kappa shape index (κ2) is 4.67. The van der Waals surface area contributed by atoms with Crippen LogP contribution in [0.1, 0.15) is 36.0 Å². The molecule has 0 N–H and O–H groups in total. The van der Waals surface area contributed by atoms with Gasteiger partial charge in [-0.05, 0) is 49.7 Å². The number of pyridine rings is 1.